The number of nitrogens with zero attached hydrogens (tertiary/aromatic N) is 1. The molecule has 1 aromatic carbocycles. The highest BCUT2D eigenvalue weighted by Crippen LogP contribution is 2.32. The summed E-state index contributed by atoms with van der Waals surface area (Å²) in [6.07, 6.45) is 4.80. The second-order valence-corrected chi connectivity index (χ2v) is 6.08. The molecular weight excluding hydrogens is 297 g/mol. The van der Waals surface area contributed by atoms with E-state index in [-0.39, 0.29) is 5.91 Å². The number of carbonyl (C=O) groups is 1. The molecule has 1 aromatic rings. The summed E-state index contributed by atoms with van der Waals surface area (Å²) in [5, 5.41) is 3.47. The van der Waals surface area contributed by atoms with Crippen LogP contribution in [0.25, 0.3) is 0 Å². The molecule has 1 aliphatic carbocycles. The molecule has 1 aliphatic rings. The molecule has 1 amide bonds. The molecule has 0 radical (unpaired) electrons. The zero-order valence-corrected chi connectivity index (χ0v) is 13.0. The van der Waals surface area contributed by atoms with Crippen molar-refractivity contribution < 1.29 is 4.79 Å². The van der Waals surface area contributed by atoms with Crippen molar-refractivity contribution in [3.8, 4) is 0 Å². The number of likely N-dealkylation sites (N-methyl/N-ethyl adjacent to an activating group) is 1. The number of nitrogen functional groups attached to an aromatic ring is 1. The van der Waals surface area contributed by atoms with E-state index < -0.39 is 0 Å². The minimum absolute atomic E-state index is 0.118. The van der Waals surface area contributed by atoms with Crippen molar-refractivity contribution in [3.63, 3.8) is 0 Å². The quantitative estimate of drug-likeness (QED) is 0.837. The van der Waals surface area contributed by atoms with Crippen molar-refractivity contribution >= 4 is 40.5 Å². The van der Waals surface area contributed by atoms with Gasteiger partial charge < -0.3 is 11.1 Å². The minimum Gasteiger partial charge on any atom is -0.399 e. The number of nitrogens with one attached hydrogen (secondary N) is 1. The molecule has 0 unspecified atom stereocenters. The Morgan fingerprint density at radius 2 is 1.90 bits per heavy atom. The van der Waals surface area contributed by atoms with Gasteiger partial charge in [-0.05, 0) is 32.0 Å². The number of rotatable bonds is 4. The molecule has 0 bridgehead atoms. The van der Waals surface area contributed by atoms with Crippen molar-refractivity contribution in [2.75, 3.05) is 24.6 Å². The lowest BCUT2D eigenvalue weighted by molar-refractivity contribution is -0.117. The predicted molar refractivity (Wildman–Crippen MR) is 84.4 cm³/mol. The van der Waals surface area contributed by atoms with Gasteiger partial charge in [-0.3, -0.25) is 9.69 Å². The molecule has 0 atom stereocenters. The van der Waals surface area contributed by atoms with Gasteiger partial charge in [0.15, 0.2) is 0 Å². The lowest BCUT2D eigenvalue weighted by Crippen LogP contribution is -2.36. The van der Waals surface area contributed by atoms with Gasteiger partial charge >= 0.3 is 0 Å². The van der Waals surface area contributed by atoms with Crippen molar-refractivity contribution in [1.82, 2.24) is 4.90 Å². The van der Waals surface area contributed by atoms with Crippen LogP contribution in [0.5, 0.6) is 0 Å². The van der Waals surface area contributed by atoms with E-state index in [4.69, 9.17) is 28.9 Å². The largest absolute Gasteiger partial charge is 0.399 e. The maximum absolute atomic E-state index is 12.1. The van der Waals surface area contributed by atoms with Gasteiger partial charge in [-0.1, -0.05) is 36.0 Å². The average Bonchev–Trinajstić information content (AvgIpc) is 2.87. The van der Waals surface area contributed by atoms with Crippen molar-refractivity contribution in [3.05, 3.63) is 22.2 Å². The number of amides is 1. The molecule has 110 valence electrons. The second-order valence-electron chi connectivity index (χ2n) is 5.26. The minimum atomic E-state index is -0.118. The zero-order chi connectivity index (χ0) is 14.7. The van der Waals surface area contributed by atoms with Crippen LogP contribution in [0.4, 0.5) is 11.4 Å². The number of carbonyl (C=O) groups excluding carboxylic acids is 1. The maximum atomic E-state index is 12.1. The van der Waals surface area contributed by atoms with Gasteiger partial charge in [0.05, 0.1) is 22.3 Å². The lowest BCUT2D eigenvalue weighted by Gasteiger charge is -2.23. The Hall–Kier alpha value is -0.970. The van der Waals surface area contributed by atoms with Crippen LogP contribution in [0.1, 0.15) is 25.7 Å². The van der Waals surface area contributed by atoms with E-state index in [1.165, 1.54) is 12.8 Å². The number of hydrogen-bond donors (Lipinski definition) is 2. The van der Waals surface area contributed by atoms with Crippen LogP contribution in [0.3, 0.4) is 0 Å². The zero-order valence-electron chi connectivity index (χ0n) is 11.5. The van der Waals surface area contributed by atoms with E-state index in [9.17, 15) is 4.79 Å². The number of hydrogen-bond acceptors (Lipinski definition) is 3. The van der Waals surface area contributed by atoms with Crippen molar-refractivity contribution in [1.29, 1.82) is 0 Å². The van der Waals surface area contributed by atoms with E-state index in [0.29, 0.717) is 34.0 Å². The number of nitrogens with two attached hydrogens (primary N) is 1. The fourth-order valence-corrected chi connectivity index (χ4v) is 3.19. The molecule has 20 heavy (non-hydrogen) atoms. The van der Waals surface area contributed by atoms with E-state index in [1.54, 1.807) is 12.1 Å². The summed E-state index contributed by atoms with van der Waals surface area (Å²) in [4.78, 5) is 14.2. The Kier molecular flexibility index (Phi) is 5.13. The monoisotopic (exact) mass is 315 g/mol. The van der Waals surface area contributed by atoms with E-state index in [1.807, 2.05) is 7.05 Å². The molecule has 4 nitrogen and oxygen atoms in total. The third-order valence-corrected chi connectivity index (χ3v) is 4.27. The molecule has 6 heteroatoms. The van der Waals surface area contributed by atoms with Crippen LogP contribution in [0.15, 0.2) is 12.1 Å². The van der Waals surface area contributed by atoms with Crippen LogP contribution < -0.4 is 11.1 Å². The fourth-order valence-electron chi connectivity index (χ4n) is 2.59. The summed E-state index contributed by atoms with van der Waals surface area (Å²) in [5.41, 5.74) is 6.53. The summed E-state index contributed by atoms with van der Waals surface area (Å²) in [6, 6.07) is 3.64. The van der Waals surface area contributed by atoms with Gasteiger partial charge in [0.2, 0.25) is 5.91 Å². The third kappa shape index (κ3) is 3.78. The highest BCUT2D eigenvalue weighted by molar-refractivity contribution is 6.40. The predicted octanol–water partition coefficient (Wildman–Crippen LogP) is 3.39. The van der Waals surface area contributed by atoms with Crippen LogP contribution in [0.2, 0.25) is 10.0 Å². The van der Waals surface area contributed by atoms with Crippen molar-refractivity contribution in [2.45, 2.75) is 31.7 Å². The molecule has 1 saturated carbocycles. The normalized spacial score (nSPS) is 15.8. The highest BCUT2D eigenvalue weighted by Gasteiger charge is 2.21. The topological polar surface area (TPSA) is 58.4 Å². The molecule has 0 saturated heterocycles. The van der Waals surface area contributed by atoms with E-state index in [0.717, 1.165) is 12.8 Å². The maximum Gasteiger partial charge on any atom is 0.238 e. The molecular formula is C14H19Cl2N3O. The van der Waals surface area contributed by atoms with Gasteiger partial charge in [0.25, 0.3) is 0 Å². The second kappa shape index (κ2) is 6.66. The molecule has 3 N–H and O–H groups in total. The van der Waals surface area contributed by atoms with Gasteiger partial charge in [-0.2, -0.15) is 0 Å². The molecule has 0 spiro atoms. The molecule has 0 aliphatic heterocycles. The van der Waals surface area contributed by atoms with E-state index in [2.05, 4.69) is 10.2 Å². The summed E-state index contributed by atoms with van der Waals surface area (Å²) in [7, 11) is 1.97. The summed E-state index contributed by atoms with van der Waals surface area (Å²) < 4.78 is 0. The Labute approximate surface area is 129 Å². The first-order valence-corrected chi connectivity index (χ1v) is 7.47. The number of benzene rings is 1. The van der Waals surface area contributed by atoms with Gasteiger partial charge in [0.1, 0.15) is 0 Å². The highest BCUT2D eigenvalue weighted by atomic mass is 35.5. The average molecular weight is 316 g/mol. The first kappa shape index (κ1) is 15.4. The smallest absolute Gasteiger partial charge is 0.238 e. The van der Waals surface area contributed by atoms with Gasteiger partial charge in [-0.15, -0.1) is 0 Å². The first-order chi connectivity index (χ1) is 9.47. The standard InChI is InChI=1S/C14H19Cl2N3O/c1-19(10-4-2-3-5-10)8-13(20)18-14-11(15)6-9(17)7-12(14)16/h6-7,10H,2-5,8,17H2,1H3,(H,18,20). The van der Waals surface area contributed by atoms with E-state index >= 15 is 0 Å². The SMILES string of the molecule is CN(CC(=O)Nc1c(Cl)cc(N)cc1Cl)C1CCCC1. The molecule has 1 fully saturated rings. The molecule has 0 heterocycles. The summed E-state index contributed by atoms with van der Waals surface area (Å²) in [6.45, 7) is 0.335. The first-order valence-electron chi connectivity index (χ1n) is 6.72. The summed E-state index contributed by atoms with van der Waals surface area (Å²) in [5.74, 6) is -0.118. The van der Waals surface area contributed by atoms with Crippen LogP contribution in [-0.4, -0.2) is 30.4 Å². The Morgan fingerprint density at radius 3 is 2.45 bits per heavy atom. The molecule has 2 rings (SSSR count). The number of anilines is 2. The third-order valence-electron chi connectivity index (χ3n) is 3.67. The van der Waals surface area contributed by atoms with Crippen LogP contribution in [-0.2, 0) is 4.79 Å². The molecule has 0 aromatic heterocycles. The summed E-state index contributed by atoms with van der Waals surface area (Å²) >= 11 is 12.1. The van der Waals surface area contributed by atoms with Gasteiger partial charge in [-0.25, -0.2) is 0 Å². The Bertz CT molecular complexity index is 478. The van der Waals surface area contributed by atoms with Crippen LogP contribution in [0, 0.1) is 0 Å². The Balaban J connectivity index is 1.97. The van der Waals surface area contributed by atoms with Crippen LogP contribution >= 0.6 is 23.2 Å². The Morgan fingerprint density at radius 1 is 1.35 bits per heavy atom. The number of halogens is 2. The fraction of sp³-hybridized carbons (Fsp3) is 0.500. The van der Waals surface area contributed by atoms with Crippen molar-refractivity contribution in [2.24, 2.45) is 0 Å². The van der Waals surface area contributed by atoms with Gasteiger partial charge in [0, 0.05) is 11.7 Å². The lowest BCUT2D eigenvalue weighted by atomic mass is 10.2.